The van der Waals surface area contributed by atoms with Gasteiger partial charge in [0.1, 0.15) is 5.82 Å². The molecule has 0 aliphatic heterocycles. The van der Waals surface area contributed by atoms with E-state index >= 15 is 0 Å². The molecule has 0 fully saturated rings. The zero-order valence-corrected chi connectivity index (χ0v) is 10.7. The van der Waals surface area contributed by atoms with E-state index in [1.807, 2.05) is 0 Å². The lowest BCUT2D eigenvalue weighted by Crippen LogP contribution is -2.07. The summed E-state index contributed by atoms with van der Waals surface area (Å²) in [4.78, 5) is 11.7. The van der Waals surface area contributed by atoms with Gasteiger partial charge in [-0.25, -0.2) is 4.39 Å². The van der Waals surface area contributed by atoms with Crippen LogP contribution in [0.25, 0.3) is 6.08 Å². The van der Waals surface area contributed by atoms with Gasteiger partial charge in [0, 0.05) is 6.08 Å². The van der Waals surface area contributed by atoms with Crippen molar-refractivity contribution in [3.05, 3.63) is 71.0 Å². The van der Waals surface area contributed by atoms with Crippen LogP contribution in [0.4, 0.5) is 10.1 Å². The summed E-state index contributed by atoms with van der Waals surface area (Å²) in [5.74, 6) is -0.602. The third-order valence-corrected chi connectivity index (χ3v) is 2.76. The van der Waals surface area contributed by atoms with Crippen LogP contribution in [0.1, 0.15) is 5.56 Å². The number of hydrogen-bond acceptors (Lipinski definition) is 1. The summed E-state index contributed by atoms with van der Waals surface area (Å²) >= 11 is 5.92. The fourth-order valence-electron chi connectivity index (χ4n) is 1.48. The highest BCUT2D eigenvalue weighted by Crippen LogP contribution is 2.20. The van der Waals surface area contributed by atoms with Crippen molar-refractivity contribution in [2.45, 2.75) is 0 Å². The van der Waals surface area contributed by atoms with Crippen molar-refractivity contribution < 1.29 is 9.18 Å². The Hall–Kier alpha value is -2.13. The van der Waals surface area contributed by atoms with Crippen LogP contribution in [0.15, 0.2) is 54.6 Å². The SMILES string of the molecule is O=C(C=Cc1ccc(F)cc1)Nc1ccccc1Cl. The molecule has 0 aliphatic rings. The van der Waals surface area contributed by atoms with Gasteiger partial charge in [-0.15, -0.1) is 0 Å². The van der Waals surface area contributed by atoms with Gasteiger partial charge in [0.25, 0.3) is 0 Å². The maximum absolute atomic E-state index is 12.7. The third-order valence-electron chi connectivity index (χ3n) is 2.43. The average Bonchev–Trinajstić information content (AvgIpc) is 2.41. The Labute approximate surface area is 115 Å². The van der Waals surface area contributed by atoms with Crippen LogP contribution in [-0.2, 0) is 4.79 Å². The van der Waals surface area contributed by atoms with Crippen molar-refractivity contribution in [1.82, 2.24) is 0 Å². The summed E-state index contributed by atoms with van der Waals surface area (Å²) in [6, 6.07) is 12.8. The van der Waals surface area contributed by atoms with E-state index in [-0.39, 0.29) is 11.7 Å². The van der Waals surface area contributed by atoms with Gasteiger partial charge in [-0.05, 0) is 35.9 Å². The second-order valence-corrected chi connectivity index (χ2v) is 4.26. The summed E-state index contributed by atoms with van der Waals surface area (Å²) in [5.41, 5.74) is 1.30. The Morgan fingerprint density at radius 3 is 2.47 bits per heavy atom. The number of hydrogen-bond donors (Lipinski definition) is 1. The van der Waals surface area contributed by atoms with Gasteiger partial charge < -0.3 is 5.32 Å². The molecule has 2 rings (SSSR count). The first-order chi connectivity index (χ1) is 9.15. The van der Waals surface area contributed by atoms with E-state index < -0.39 is 0 Å². The highest BCUT2D eigenvalue weighted by atomic mass is 35.5. The summed E-state index contributed by atoms with van der Waals surface area (Å²) in [5, 5.41) is 3.14. The molecule has 0 bridgehead atoms. The highest BCUT2D eigenvalue weighted by Gasteiger charge is 2.01. The summed E-state index contributed by atoms with van der Waals surface area (Å²) in [6.45, 7) is 0. The van der Waals surface area contributed by atoms with Gasteiger partial charge >= 0.3 is 0 Å². The lowest BCUT2D eigenvalue weighted by molar-refractivity contribution is -0.111. The van der Waals surface area contributed by atoms with E-state index in [9.17, 15) is 9.18 Å². The molecule has 0 unspecified atom stereocenters. The van der Waals surface area contributed by atoms with E-state index in [4.69, 9.17) is 11.6 Å². The Morgan fingerprint density at radius 1 is 1.11 bits per heavy atom. The van der Waals surface area contributed by atoms with Gasteiger partial charge in [0.15, 0.2) is 0 Å². The molecule has 19 heavy (non-hydrogen) atoms. The molecule has 2 aromatic rings. The first-order valence-electron chi connectivity index (χ1n) is 5.64. The summed E-state index contributed by atoms with van der Waals surface area (Å²) in [7, 11) is 0. The minimum absolute atomic E-state index is 0.294. The third kappa shape index (κ3) is 3.93. The topological polar surface area (TPSA) is 29.1 Å². The van der Waals surface area contributed by atoms with E-state index in [1.54, 1.807) is 42.5 Å². The summed E-state index contributed by atoms with van der Waals surface area (Å²) < 4.78 is 12.7. The monoisotopic (exact) mass is 275 g/mol. The Kier molecular flexibility index (Phi) is 4.31. The van der Waals surface area contributed by atoms with Crippen LogP contribution in [0, 0.1) is 5.82 Å². The Morgan fingerprint density at radius 2 is 1.79 bits per heavy atom. The first-order valence-corrected chi connectivity index (χ1v) is 6.02. The van der Waals surface area contributed by atoms with Gasteiger partial charge in [0.2, 0.25) is 5.91 Å². The van der Waals surface area contributed by atoms with E-state index in [1.165, 1.54) is 18.2 Å². The van der Waals surface area contributed by atoms with E-state index in [0.29, 0.717) is 10.7 Å². The molecule has 1 amide bonds. The maximum atomic E-state index is 12.7. The van der Waals surface area contributed by atoms with Gasteiger partial charge in [-0.2, -0.15) is 0 Å². The molecule has 0 atom stereocenters. The molecule has 0 saturated carbocycles. The molecule has 0 radical (unpaired) electrons. The van der Waals surface area contributed by atoms with Crippen LogP contribution in [0.2, 0.25) is 5.02 Å². The molecule has 0 aromatic heterocycles. The average molecular weight is 276 g/mol. The molecule has 0 spiro atoms. The minimum atomic E-state index is -0.308. The predicted molar refractivity (Wildman–Crippen MR) is 75.5 cm³/mol. The van der Waals surface area contributed by atoms with Crippen molar-refractivity contribution >= 4 is 29.3 Å². The van der Waals surface area contributed by atoms with Crippen molar-refractivity contribution in [3.8, 4) is 0 Å². The fraction of sp³-hybridized carbons (Fsp3) is 0. The zero-order chi connectivity index (χ0) is 13.7. The van der Waals surface area contributed by atoms with Crippen molar-refractivity contribution in [2.75, 3.05) is 5.32 Å². The van der Waals surface area contributed by atoms with E-state index in [2.05, 4.69) is 5.32 Å². The molecular weight excluding hydrogens is 265 g/mol. The quantitative estimate of drug-likeness (QED) is 0.839. The normalized spacial score (nSPS) is 10.6. The van der Waals surface area contributed by atoms with Crippen LogP contribution < -0.4 is 5.32 Å². The van der Waals surface area contributed by atoms with E-state index in [0.717, 1.165) is 5.56 Å². The first kappa shape index (κ1) is 13.3. The van der Waals surface area contributed by atoms with Gasteiger partial charge in [-0.1, -0.05) is 35.9 Å². The number of carbonyl (C=O) groups is 1. The van der Waals surface area contributed by atoms with Crippen molar-refractivity contribution in [2.24, 2.45) is 0 Å². The van der Waals surface area contributed by atoms with Gasteiger partial charge in [0.05, 0.1) is 10.7 Å². The Bertz CT molecular complexity index is 608. The minimum Gasteiger partial charge on any atom is -0.321 e. The lowest BCUT2D eigenvalue weighted by Gasteiger charge is -2.03. The predicted octanol–water partition coefficient (Wildman–Crippen LogP) is 4.13. The largest absolute Gasteiger partial charge is 0.321 e. The molecular formula is C15H11ClFNO. The summed E-state index contributed by atoms with van der Waals surface area (Å²) in [6.07, 6.45) is 2.97. The van der Waals surface area contributed by atoms with Crippen LogP contribution in [-0.4, -0.2) is 5.91 Å². The van der Waals surface area contributed by atoms with Crippen LogP contribution >= 0.6 is 11.6 Å². The number of amides is 1. The fourth-order valence-corrected chi connectivity index (χ4v) is 1.67. The molecule has 0 aliphatic carbocycles. The second kappa shape index (κ2) is 6.16. The highest BCUT2D eigenvalue weighted by molar-refractivity contribution is 6.33. The maximum Gasteiger partial charge on any atom is 0.248 e. The van der Waals surface area contributed by atoms with Crippen molar-refractivity contribution in [1.29, 1.82) is 0 Å². The second-order valence-electron chi connectivity index (χ2n) is 3.85. The molecule has 0 heterocycles. The zero-order valence-electron chi connectivity index (χ0n) is 9.94. The number of nitrogens with one attached hydrogen (secondary N) is 1. The molecule has 2 nitrogen and oxygen atoms in total. The standard InChI is InChI=1S/C15H11ClFNO/c16-13-3-1-2-4-14(13)18-15(19)10-7-11-5-8-12(17)9-6-11/h1-10H,(H,18,19). The van der Waals surface area contributed by atoms with Crippen LogP contribution in [0.3, 0.4) is 0 Å². The number of carbonyl (C=O) groups excluding carboxylic acids is 1. The number of benzene rings is 2. The number of anilines is 1. The molecule has 0 saturated heterocycles. The number of para-hydroxylation sites is 1. The number of halogens is 2. The van der Waals surface area contributed by atoms with Gasteiger partial charge in [-0.3, -0.25) is 4.79 Å². The molecule has 4 heteroatoms. The smallest absolute Gasteiger partial charge is 0.248 e. The van der Waals surface area contributed by atoms with Crippen molar-refractivity contribution in [3.63, 3.8) is 0 Å². The molecule has 2 aromatic carbocycles. The molecule has 96 valence electrons. The molecule has 1 N–H and O–H groups in total. The van der Waals surface area contributed by atoms with Crippen LogP contribution in [0.5, 0.6) is 0 Å². The number of rotatable bonds is 3. The Balaban J connectivity index is 2.02. The lowest BCUT2D eigenvalue weighted by atomic mass is 10.2.